The summed E-state index contributed by atoms with van der Waals surface area (Å²) in [5.41, 5.74) is 9.19. The topological polar surface area (TPSA) is 84.5 Å². The average molecular weight is 579 g/mol. The molecule has 0 bridgehead atoms. The molecule has 4 heterocycles. The number of aryl methyl sites for hydroxylation is 2. The third-order valence-electron chi connectivity index (χ3n) is 9.40. The van der Waals surface area contributed by atoms with Crippen molar-refractivity contribution in [2.75, 3.05) is 31.1 Å². The van der Waals surface area contributed by atoms with Gasteiger partial charge in [0.2, 0.25) is 5.78 Å². The summed E-state index contributed by atoms with van der Waals surface area (Å²) in [4.78, 5) is 32.4. The summed E-state index contributed by atoms with van der Waals surface area (Å²) in [6.07, 6.45) is 7.57. The second-order valence-electron chi connectivity index (χ2n) is 12.5. The molecule has 1 aromatic carbocycles. The molecule has 2 aliphatic rings. The highest BCUT2D eigenvalue weighted by Gasteiger charge is 2.29. The second kappa shape index (κ2) is 11.1. The number of nitrogens with zero attached hydrogens (tertiary/aromatic N) is 8. The monoisotopic (exact) mass is 578 g/mol. The van der Waals surface area contributed by atoms with Crippen molar-refractivity contribution >= 4 is 17.2 Å². The number of piperazine rings is 1. The van der Waals surface area contributed by atoms with E-state index in [1.54, 1.807) is 6.33 Å². The normalized spacial score (nSPS) is 16.4. The van der Waals surface area contributed by atoms with Crippen LogP contribution in [0.5, 0.6) is 0 Å². The van der Waals surface area contributed by atoms with Crippen LogP contribution in [0.15, 0.2) is 48.6 Å². The Morgan fingerprint density at radius 3 is 2.60 bits per heavy atom. The van der Waals surface area contributed by atoms with Gasteiger partial charge in [0.15, 0.2) is 5.82 Å². The first-order chi connectivity index (χ1) is 20.6. The molecule has 9 nitrogen and oxygen atoms in total. The highest BCUT2D eigenvalue weighted by atomic mass is 16.1. The molecule has 0 unspecified atom stereocenters. The number of fused-ring (bicyclic) bond motifs is 2. The maximum absolute atomic E-state index is 14.2. The molecule has 1 aliphatic heterocycles. The van der Waals surface area contributed by atoms with Gasteiger partial charge in [0.1, 0.15) is 12.0 Å². The van der Waals surface area contributed by atoms with Crippen LogP contribution in [0.25, 0.3) is 22.9 Å². The van der Waals surface area contributed by atoms with Crippen molar-refractivity contribution in [3.63, 3.8) is 0 Å². The summed E-state index contributed by atoms with van der Waals surface area (Å²) in [5, 5.41) is 4.81. The highest BCUT2D eigenvalue weighted by Crippen LogP contribution is 2.38. The molecule has 6 rings (SSSR count). The summed E-state index contributed by atoms with van der Waals surface area (Å²) < 4.78 is 3.59. The van der Waals surface area contributed by atoms with E-state index < -0.39 is 0 Å². The summed E-state index contributed by atoms with van der Waals surface area (Å²) >= 11 is 0. The molecule has 0 radical (unpaired) electrons. The molecule has 9 heteroatoms. The van der Waals surface area contributed by atoms with Gasteiger partial charge in [0.05, 0.1) is 17.1 Å². The quantitative estimate of drug-likeness (QED) is 0.282. The number of rotatable bonds is 7. The average Bonchev–Trinajstić information content (AvgIpc) is 3.45. The minimum atomic E-state index is -0.125. The van der Waals surface area contributed by atoms with Crippen LogP contribution in [0.3, 0.4) is 0 Å². The minimum Gasteiger partial charge on any atom is -0.367 e. The number of hydrogen-bond acceptors (Lipinski definition) is 7. The van der Waals surface area contributed by atoms with E-state index in [0.717, 1.165) is 53.4 Å². The van der Waals surface area contributed by atoms with E-state index in [4.69, 9.17) is 10.1 Å². The van der Waals surface area contributed by atoms with Gasteiger partial charge >= 0.3 is 0 Å². The van der Waals surface area contributed by atoms with Crippen LogP contribution < -0.4 is 10.5 Å². The van der Waals surface area contributed by atoms with Gasteiger partial charge in [0, 0.05) is 44.0 Å². The number of hydrogen-bond donors (Lipinski definition) is 0. The predicted molar refractivity (Wildman–Crippen MR) is 173 cm³/mol. The van der Waals surface area contributed by atoms with Crippen LogP contribution in [-0.4, -0.2) is 60.2 Å². The van der Waals surface area contributed by atoms with Crippen LogP contribution in [0.1, 0.15) is 67.4 Å². The van der Waals surface area contributed by atoms with Crippen molar-refractivity contribution in [1.29, 1.82) is 0 Å². The lowest BCUT2D eigenvalue weighted by Gasteiger charge is -2.38. The Morgan fingerprint density at radius 1 is 1.12 bits per heavy atom. The van der Waals surface area contributed by atoms with Crippen LogP contribution >= 0.6 is 0 Å². The maximum atomic E-state index is 14.2. The Balaban J connectivity index is 1.36. The van der Waals surface area contributed by atoms with E-state index in [1.807, 2.05) is 19.9 Å². The molecule has 4 aromatic rings. The third kappa shape index (κ3) is 4.94. The molecular formula is C34H42N8O. The van der Waals surface area contributed by atoms with Gasteiger partial charge in [-0.2, -0.15) is 9.50 Å². The van der Waals surface area contributed by atoms with Crippen molar-refractivity contribution in [2.45, 2.75) is 72.3 Å². The Bertz CT molecular complexity index is 1790. The Morgan fingerprint density at radius 2 is 1.88 bits per heavy atom. The standard InChI is InChI=1S/C34H42N8O/c1-8-15-41-28(9-2)30(40-18-16-39(17-19-40)24(5)29-22(3)23(4)35-21-36-29)32(43)42-33(41)37-31(38-42)26-12-13-27-25(20-26)11-10-14-34(27,6)7/h8,12-13,20-21H,1,5,9-11,14-19H2,2-4,6-7H3. The molecule has 0 atom stereocenters. The summed E-state index contributed by atoms with van der Waals surface area (Å²) in [5.74, 6) is 1.14. The molecule has 1 saturated heterocycles. The molecule has 0 spiro atoms. The molecule has 224 valence electrons. The molecule has 3 aromatic heterocycles. The van der Waals surface area contributed by atoms with Crippen molar-refractivity contribution < 1.29 is 0 Å². The predicted octanol–water partition coefficient (Wildman–Crippen LogP) is 5.12. The third-order valence-corrected chi connectivity index (χ3v) is 9.40. The first-order valence-electron chi connectivity index (χ1n) is 15.4. The number of allylic oxidation sites excluding steroid dienone is 1. The van der Waals surface area contributed by atoms with E-state index in [9.17, 15) is 4.79 Å². The van der Waals surface area contributed by atoms with Gasteiger partial charge in [0.25, 0.3) is 5.56 Å². The van der Waals surface area contributed by atoms with Gasteiger partial charge in [-0.1, -0.05) is 45.6 Å². The van der Waals surface area contributed by atoms with Crippen LogP contribution in [0.4, 0.5) is 5.69 Å². The van der Waals surface area contributed by atoms with E-state index in [1.165, 1.54) is 28.5 Å². The number of aromatic nitrogens is 6. The van der Waals surface area contributed by atoms with Gasteiger partial charge in [-0.05, 0) is 67.7 Å². The fraction of sp³-hybridized carbons (Fsp3) is 0.441. The smallest absolute Gasteiger partial charge is 0.299 e. The molecule has 0 N–H and O–H groups in total. The largest absolute Gasteiger partial charge is 0.367 e. The zero-order valence-electron chi connectivity index (χ0n) is 26.2. The van der Waals surface area contributed by atoms with E-state index >= 15 is 0 Å². The van der Waals surface area contributed by atoms with Crippen LogP contribution in [0, 0.1) is 13.8 Å². The van der Waals surface area contributed by atoms with Crippen molar-refractivity contribution in [1.82, 2.24) is 34.0 Å². The molecule has 1 aliphatic carbocycles. The van der Waals surface area contributed by atoms with E-state index in [0.29, 0.717) is 43.3 Å². The summed E-state index contributed by atoms with van der Waals surface area (Å²) in [6, 6.07) is 6.56. The molecular weight excluding hydrogens is 536 g/mol. The zero-order chi connectivity index (χ0) is 30.5. The van der Waals surface area contributed by atoms with Gasteiger partial charge in [-0.25, -0.2) is 9.97 Å². The SMILES string of the molecule is C=CCn1c(CC)c(N2CCN(C(=C)c3ncnc(C)c3C)CC2)c(=O)n2nc(-c3ccc4c(c3)CCCC4(C)C)nc12. The van der Waals surface area contributed by atoms with Gasteiger partial charge in [-0.15, -0.1) is 11.7 Å². The van der Waals surface area contributed by atoms with Gasteiger partial charge < -0.3 is 14.4 Å². The van der Waals surface area contributed by atoms with E-state index in [2.05, 4.69) is 76.5 Å². The van der Waals surface area contributed by atoms with Crippen molar-refractivity contribution in [2.24, 2.45) is 0 Å². The lowest BCUT2D eigenvalue weighted by molar-refractivity contribution is 0.365. The maximum Gasteiger partial charge on any atom is 0.299 e. The fourth-order valence-corrected chi connectivity index (χ4v) is 6.84. The van der Waals surface area contributed by atoms with Crippen LogP contribution in [0.2, 0.25) is 0 Å². The Labute approximate surface area is 253 Å². The number of anilines is 1. The summed E-state index contributed by atoms with van der Waals surface area (Å²) in [6.45, 7) is 22.5. The Hall–Kier alpha value is -4.27. The molecule has 0 saturated carbocycles. The van der Waals surface area contributed by atoms with Gasteiger partial charge in [-0.3, -0.25) is 4.79 Å². The first kappa shape index (κ1) is 28.8. The lowest BCUT2D eigenvalue weighted by atomic mass is 9.72. The summed E-state index contributed by atoms with van der Waals surface area (Å²) in [7, 11) is 0. The molecule has 1 fully saturated rings. The van der Waals surface area contributed by atoms with Crippen molar-refractivity contribution in [3.8, 4) is 11.4 Å². The van der Waals surface area contributed by atoms with Crippen LogP contribution in [-0.2, 0) is 24.8 Å². The number of benzene rings is 1. The zero-order valence-corrected chi connectivity index (χ0v) is 26.2. The molecule has 43 heavy (non-hydrogen) atoms. The first-order valence-corrected chi connectivity index (χ1v) is 15.4. The minimum absolute atomic E-state index is 0.125. The fourth-order valence-electron chi connectivity index (χ4n) is 6.84. The Kier molecular flexibility index (Phi) is 7.44. The lowest BCUT2D eigenvalue weighted by Crippen LogP contribution is -2.48. The van der Waals surface area contributed by atoms with E-state index in [-0.39, 0.29) is 11.0 Å². The second-order valence-corrected chi connectivity index (χ2v) is 12.5. The molecule has 0 amide bonds. The van der Waals surface area contributed by atoms with Crippen molar-refractivity contribution in [3.05, 3.63) is 87.9 Å². The highest BCUT2D eigenvalue weighted by molar-refractivity contribution is 5.64.